The summed E-state index contributed by atoms with van der Waals surface area (Å²) in [4.78, 5) is 17.4. The van der Waals surface area contributed by atoms with Crippen molar-refractivity contribution in [1.82, 2.24) is 14.8 Å². The van der Waals surface area contributed by atoms with Gasteiger partial charge in [0.25, 0.3) is 0 Å². The summed E-state index contributed by atoms with van der Waals surface area (Å²) in [7, 11) is 0. The molecule has 1 aliphatic heterocycles. The third-order valence-corrected chi connectivity index (χ3v) is 5.69. The van der Waals surface area contributed by atoms with Crippen LogP contribution in [-0.2, 0) is 15.3 Å². The standard InChI is InChI=1S/C23H21FN4O2S/c1-3-13-30-21(29)19-15(2)25-22-26-23(31-14-16-7-5-4-6-8-16)27-28(22)20(19)17-9-11-18(24)12-10-17/h3-12,20H,1,13-14H2,2H3,(H,25,26,27). The molecule has 2 heterocycles. The highest BCUT2D eigenvalue weighted by molar-refractivity contribution is 7.98. The Kier molecular flexibility index (Phi) is 6.18. The Hall–Kier alpha value is -3.39. The summed E-state index contributed by atoms with van der Waals surface area (Å²) in [6, 6.07) is 15.5. The number of thioether (sulfide) groups is 1. The van der Waals surface area contributed by atoms with Gasteiger partial charge in [-0.25, -0.2) is 13.9 Å². The molecule has 0 fully saturated rings. The molecule has 0 aliphatic carbocycles. The predicted molar refractivity (Wildman–Crippen MR) is 118 cm³/mol. The molecule has 1 aromatic heterocycles. The van der Waals surface area contributed by atoms with Crippen LogP contribution >= 0.6 is 11.8 Å². The number of fused-ring (bicyclic) bond motifs is 1. The van der Waals surface area contributed by atoms with Crippen LogP contribution in [0.4, 0.5) is 10.3 Å². The number of hydrogen-bond donors (Lipinski definition) is 1. The van der Waals surface area contributed by atoms with Crippen LogP contribution in [0, 0.1) is 5.82 Å². The van der Waals surface area contributed by atoms with Crippen LogP contribution in [0.1, 0.15) is 24.1 Å². The first-order valence-corrected chi connectivity index (χ1v) is 10.7. The Morgan fingerprint density at radius 1 is 1.26 bits per heavy atom. The molecule has 1 atom stereocenters. The van der Waals surface area contributed by atoms with Gasteiger partial charge in [0.15, 0.2) is 0 Å². The van der Waals surface area contributed by atoms with E-state index in [1.165, 1.54) is 30.0 Å². The summed E-state index contributed by atoms with van der Waals surface area (Å²) in [6.45, 7) is 5.47. The number of carbonyl (C=O) groups excluding carboxylic acids is 1. The topological polar surface area (TPSA) is 69.0 Å². The van der Waals surface area contributed by atoms with E-state index in [1.807, 2.05) is 30.3 Å². The van der Waals surface area contributed by atoms with Crippen LogP contribution in [0.25, 0.3) is 0 Å². The smallest absolute Gasteiger partial charge is 0.338 e. The quantitative estimate of drug-likeness (QED) is 0.328. The van der Waals surface area contributed by atoms with Gasteiger partial charge in [-0.15, -0.1) is 5.10 Å². The first-order chi connectivity index (χ1) is 15.1. The number of aromatic nitrogens is 3. The lowest BCUT2D eigenvalue weighted by Gasteiger charge is -2.28. The maximum Gasteiger partial charge on any atom is 0.338 e. The van der Waals surface area contributed by atoms with Crippen molar-refractivity contribution in [1.29, 1.82) is 0 Å². The van der Waals surface area contributed by atoms with Gasteiger partial charge in [0.05, 0.1) is 5.57 Å². The fourth-order valence-corrected chi connectivity index (χ4v) is 4.13. The van der Waals surface area contributed by atoms with Crippen molar-refractivity contribution in [3.05, 3.63) is 95.5 Å². The summed E-state index contributed by atoms with van der Waals surface area (Å²) in [5.74, 6) is 0.389. The third-order valence-electron chi connectivity index (χ3n) is 4.78. The number of halogens is 1. The fourth-order valence-electron chi connectivity index (χ4n) is 3.34. The Morgan fingerprint density at radius 2 is 2.00 bits per heavy atom. The lowest BCUT2D eigenvalue weighted by Crippen LogP contribution is -2.29. The Labute approximate surface area is 183 Å². The number of allylic oxidation sites excluding steroid dienone is 1. The molecule has 0 bridgehead atoms. The van der Waals surface area contributed by atoms with E-state index in [9.17, 15) is 9.18 Å². The Bertz CT molecular complexity index is 1130. The van der Waals surface area contributed by atoms with Crippen LogP contribution in [0.3, 0.4) is 0 Å². The number of hydrogen-bond acceptors (Lipinski definition) is 6. The third kappa shape index (κ3) is 4.54. The average molecular weight is 437 g/mol. The minimum atomic E-state index is -0.590. The molecule has 0 spiro atoms. The molecule has 0 saturated carbocycles. The maximum absolute atomic E-state index is 13.5. The molecule has 0 amide bonds. The zero-order valence-corrected chi connectivity index (χ0v) is 17.7. The van der Waals surface area contributed by atoms with E-state index in [1.54, 1.807) is 23.7 Å². The molecular weight excluding hydrogens is 415 g/mol. The van der Waals surface area contributed by atoms with Crippen LogP contribution in [-0.4, -0.2) is 27.3 Å². The zero-order chi connectivity index (χ0) is 21.8. The second-order valence-corrected chi connectivity index (χ2v) is 7.88. The second kappa shape index (κ2) is 9.18. The molecule has 8 heteroatoms. The summed E-state index contributed by atoms with van der Waals surface area (Å²) in [5, 5.41) is 8.37. The zero-order valence-electron chi connectivity index (χ0n) is 16.9. The lowest BCUT2D eigenvalue weighted by atomic mass is 9.96. The van der Waals surface area contributed by atoms with E-state index in [0.29, 0.717) is 33.7 Å². The summed E-state index contributed by atoms with van der Waals surface area (Å²) in [5.41, 5.74) is 2.87. The van der Waals surface area contributed by atoms with Gasteiger partial charge in [0, 0.05) is 11.4 Å². The normalized spacial score (nSPS) is 15.2. The molecular formula is C23H21FN4O2S. The fraction of sp³-hybridized carbons (Fsp3) is 0.174. The number of esters is 1. The average Bonchev–Trinajstić information content (AvgIpc) is 3.19. The predicted octanol–water partition coefficient (Wildman–Crippen LogP) is 4.73. The van der Waals surface area contributed by atoms with Crippen LogP contribution in [0.2, 0.25) is 0 Å². The molecule has 1 unspecified atom stereocenters. The SMILES string of the molecule is C=CCOC(=O)C1=C(C)Nc2nc(SCc3ccccc3)nn2C1c1ccc(F)cc1. The maximum atomic E-state index is 13.5. The number of rotatable bonds is 7. The molecule has 2 aromatic carbocycles. The van der Waals surface area contributed by atoms with Crippen molar-refractivity contribution in [3.63, 3.8) is 0 Å². The number of ether oxygens (including phenoxy) is 1. The lowest BCUT2D eigenvalue weighted by molar-refractivity contribution is -0.138. The molecule has 6 nitrogen and oxygen atoms in total. The van der Waals surface area contributed by atoms with E-state index >= 15 is 0 Å². The van der Waals surface area contributed by atoms with Crippen molar-refractivity contribution in [2.24, 2.45) is 0 Å². The highest BCUT2D eigenvalue weighted by Crippen LogP contribution is 2.37. The molecule has 4 rings (SSSR count). The molecule has 3 aromatic rings. The van der Waals surface area contributed by atoms with Crippen molar-refractivity contribution in [3.8, 4) is 0 Å². The van der Waals surface area contributed by atoms with Crippen LogP contribution in [0.15, 0.2) is 83.7 Å². The minimum absolute atomic E-state index is 0.0914. The van der Waals surface area contributed by atoms with E-state index in [4.69, 9.17) is 4.74 Å². The van der Waals surface area contributed by atoms with E-state index in [2.05, 4.69) is 22.0 Å². The molecule has 0 radical (unpaired) electrons. The van der Waals surface area contributed by atoms with Crippen molar-refractivity contribution >= 4 is 23.7 Å². The number of benzene rings is 2. The van der Waals surface area contributed by atoms with Crippen LogP contribution < -0.4 is 5.32 Å². The number of carbonyl (C=O) groups is 1. The molecule has 0 saturated heterocycles. The summed E-state index contributed by atoms with van der Waals surface area (Å²) < 4.78 is 20.5. The summed E-state index contributed by atoms with van der Waals surface area (Å²) >= 11 is 1.50. The van der Waals surface area contributed by atoms with Gasteiger partial charge >= 0.3 is 5.97 Å². The van der Waals surface area contributed by atoms with Crippen molar-refractivity contribution in [2.45, 2.75) is 23.9 Å². The van der Waals surface area contributed by atoms with Gasteiger partial charge in [-0.3, -0.25) is 0 Å². The van der Waals surface area contributed by atoms with Gasteiger partial charge in [0.2, 0.25) is 11.1 Å². The van der Waals surface area contributed by atoms with Gasteiger partial charge in [-0.05, 0) is 30.2 Å². The largest absolute Gasteiger partial charge is 0.458 e. The van der Waals surface area contributed by atoms with Gasteiger partial charge < -0.3 is 10.1 Å². The van der Waals surface area contributed by atoms with Crippen molar-refractivity contribution in [2.75, 3.05) is 11.9 Å². The highest BCUT2D eigenvalue weighted by atomic mass is 32.2. The number of nitrogens with one attached hydrogen (secondary N) is 1. The van der Waals surface area contributed by atoms with E-state index < -0.39 is 12.0 Å². The molecule has 1 aliphatic rings. The van der Waals surface area contributed by atoms with Gasteiger partial charge in [-0.2, -0.15) is 4.98 Å². The van der Waals surface area contributed by atoms with E-state index in [-0.39, 0.29) is 12.4 Å². The van der Waals surface area contributed by atoms with Crippen molar-refractivity contribution < 1.29 is 13.9 Å². The Balaban J connectivity index is 1.69. The van der Waals surface area contributed by atoms with E-state index in [0.717, 1.165) is 5.56 Å². The minimum Gasteiger partial charge on any atom is -0.458 e. The van der Waals surface area contributed by atoms with Gasteiger partial charge in [0.1, 0.15) is 18.5 Å². The monoisotopic (exact) mass is 436 g/mol. The van der Waals surface area contributed by atoms with Gasteiger partial charge in [-0.1, -0.05) is 66.9 Å². The summed E-state index contributed by atoms with van der Waals surface area (Å²) in [6.07, 6.45) is 1.51. The number of nitrogens with zero attached hydrogens (tertiary/aromatic N) is 3. The Morgan fingerprint density at radius 3 is 2.71 bits per heavy atom. The highest BCUT2D eigenvalue weighted by Gasteiger charge is 2.35. The van der Waals surface area contributed by atoms with Crippen LogP contribution in [0.5, 0.6) is 0 Å². The number of anilines is 1. The molecule has 31 heavy (non-hydrogen) atoms. The second-order valence-electron chi connectivity index (χ2n) is 6.94. The molecule has 158 valence electrons. The first-order valence-electron chi connectivity index (χ1n) is 9.71. The first kappa shape index (κ1) is 20.9. The molecule has 1 N–H and O–H groups in total.